The molecule has 0 fully saturated rings. The van der Waals surface area contributed by atoms with Crippen LogP contribution in [0.2, 0.25) is 0 Å². The van der Waals surface area contributed by atoms with Gasteiger partial charge in [0.25, 0.3) is 0 Å². The van der Waals surface area contributed by atoms with Gasteiger partial charge in [0.2, 0.25) is 5.76 Å². The van der Waals surface area contributed by atoms with Gasteiger partial charge in [-0.3, -0.25) is 0 Å². The van der Waals surface area contributed by atoms with Gasteiger partial charge in [-0.1, -0.05) is 20.8 Å². The van der Waals surface area contributed by atoms with E-state index in [0.29, 0.717) is 18.3 Å². The third-order valence-electron chi connectivity index (χ3n) is 2.14. The van der Waals surface area contributed by atoms with E-state index in [1.54, 1.807) is 12.1 Å². The smallest absolute Gasteiger partial charge is 0.374 e. The van der Waals surface area contributed by atoms with Crippen LogP contribution in [0.25, 0.3) is 0 Å². The van der Waals surface area contributed by atoms with Gasteiger partial charge in [-0.15, -0.1) is 0 Å². The lowest BCUT2D eigenvalue weighted by molar-refractivity contribution is 0.0450. The van der Waals surface area contributed by atoms with Crippen molar-refractivity contribution < 1.29 is 13.9 Å². The maximum absolute atomic E-state index is 11.4. The van der Waals surface area contributed by atoms with E-state index >= 15 is 0 Å². The highest BCUT2D eigenvalue weighted by molar-refractivity contribution is 5.86. The predicted molar refractivity (Wildman–Crippen MR) is 57.8 cm³/mol. The van der Waals surface area contributed by atoms with Gasteiger partial charge in [0.1, 0.15) is 5.76 Å². The number of carbonyl (C=O) groups is 1. The molecule has 0 saturated carbocycles. The average molecular weight is 210 g/mol. The molecule has 0 aromatic carbocycles. The SMILES string of the molecule is CCc1ccc(C(=O)OCCC(C)C)o1. The van der Waals surface area contributed by atoms with Crippen molar-refractivity contribution in [3.05, 3.63) is 23.7 Å². The standard InChI is InChI=1S/C12H18O3/c1-4-10-5-6-11(15-10)12(13)14-8-7-9(2)3/h5-6,9H,4,7-8H2,1-3H3. The van der Waals surface area contributed by atoms with Crippen molar-refractivity contribution in [2.75, 3.05) is 6.61 Å². The van der Waals surface area contributed by atoms with Gasteiger partial charge in [-0.25, -0.2) is 4.79 Å². The number of furan rings is 1. The minimum atomic E-state index is -0.365. The highest BCUT2D eigenvalue weighted by Gasteiger charge is 2.11. The highest BCUT2D eigenvalue weighted by Crippen LogP contribution is 2.10. The molecule has 0 bridgehead atoms. The summed E-state index contributed by atoms with van der Waals surface area (Å²) in [5.41, 5.74) is 0. The van der Waals surface area contributed by atoms with Crippen LogP contribution in [0.4, 0.5) is 0 Å². The monoisotopic (exact) mass is 210 g/mol. The molecule has 0 saturated heterocycles. The molecule has 3 nitrogen and oxygen atoms in total. The first-order valence-corrected chi connectivity index (χ1v) is 5.39. The minimum Gasteiger partial charge on any atom is -0.460 e. The van der Waals surface area contributed by atoms with E-state index in [1.165, 1.54) is 0 Å². The molecule has 3 heteroatoms. The summed E-state index contributed by atoms with van der Waals surface area (Å²) < 4.78 is 10.3. The lowest BCUT2D eigenvalue weighted by Gasteiger charge is -2.04. The minimum absolute atomic E-state index is 0.301. The quantitative estimate of drug-likeness (QED) is 0.701. The Kier molecular flexibility index (Phi) is 4.40. The molecule has 0 aliphatic carbocycles. The largest absolute Gasteiger partial charge is 0.460 e. The third kappa shape index (κ3) is 3.78. The Morgan fingerprint density at radius 1 is 1.47 bits per heavy atom. The number of rotatable bonds is 5. The molecule has 0 aliphatic rings. The van der Waals surface area contributed by atoms with Crippen molar-refractivity contribution in [3.63, 3.8) is 0 Å². The predicted octanol–water partition coefficient (Wildman–Crippen LogP) is 3.04. The average Bonchev–Trinajstić information content (AvgIpc) is 2.65. The van der Waals surface area contributed by atoms with E-state index in [1.807, 2.05) is 6.92 Å². The number of aryl methyl sites for hydroxylation is 1. The molecule has 15 heavy (non-hydrogen) atoms. The fourth-order valence-corrected chi connectivity index (χ4v) is 1.14. The summed E-state index contributed by atoms with van der Waals surface area (Å²) >= 11 is 0. The molecule has 0 unspecified atom stereocenters. The first kappa shape index (κ1) is 11.8. The molecule has 0 amide bonds. The Hall–Kier alpha value is -1.25. The zero-order chi connectivity index (χ0) is 11.3. The van der Waals surface area contributed by atoms with E-state index < -0.39 is 0 Å². The van der Waals surface area contributed by atoms with Crippen molar-refractivity contribution in [3.8, 4) is 0 Å². The first-order chi connectivity index (χ1) is 7.13. The molecule has 84 valence electrons. The summed E-state index contributed by atoms with van der Waals surface area (Å²) in [6.45, 7) is 6.62. The molecule has 0 spiro atoms. The van der Waals surface area contributed by atoms with Crippen LogP contribution in [0.15, 0.2) is 16.5 Å². The molecule has 0 aliphatic heterocycles. The number of hydrogen-bond acceptors (Lipinski definition) is 3. The van der Waals surface area contributed by atoms with E-state index in [-0.39, 0.29) is 5.97 Å². The Morgan fingerprint density at radius 3 is 2.73 bits per heavy atom. The molecular weight excluding hydrogens is 192 g/mol. The van der Waals surface area contributed by atoms with Crippen LogP contribution in [0, 0.1) is 5.92 Å². The summed E-state index contributed by atoms with van der Waals surface area (Å²) in [6, 6.07) is 3.47. The van der Waals surface area contributed by atoms with Crippen molar-refractivity contribution in [1.82, 2.24) is 0 Å². The van der Waals surface area contributed by atoms with Gasteiger partial charge < -0.3 is 9.15 Å². The molecule has 1 aromatic rings. The van der Waals surface area contributed by atoms with Gasteiger partial charge >= 0.3 is 5.97 Å². The van der Waals surface area contributed by atoms with Gasteiger partial charge in [0, 0.05) is 6.42 Å². The second-order valence-corrected chi connectivity index (χ2v) is 3.94. The van der Waals surface area contributed by atoms with Crippen molar-refractivity contribution in [1.29, 1.82) is 0 Å². The summed E-state index contributed by atoms with van der Waals surface area (Å²) in [6.07, 6.45) is 1.67. The number of hydrogen-bond donors (Lipinski definition) is 0. The third-order valence-corrected chi connectivity index (χ3v) is 2.14. The van der Waals surface area contributed by atoms with Crippen LogP contribution in [0.1, 0.15) is 43.5 Å². The van der Waals surface area contributed by atoms with Crippen LogP contribution in [-0.2, 0) is 11.2 Å². The van der Waals surface area contributed by atoms with Crippen molar-refractivity contribution in [2.45, 2.75) is 33.6 Å². The zero-order valence-electron chi connectivity index (χ0n) is 9.58. The summed E-state index contributed by atoms with van der Waals surface area (Å²) in [4.78, 5) is 11.4. The Morgan fingerprint density at radius 2 is 2.20 bits per heavy atom. The van der Waals surface area contributed by atoms with Gasteiger partial charge in [0.05, 0.1) is 6.61 Å². The molecule has 0 atom stereocenters. The fourth-order valence-electron chi connectivity index (χ4n) is 1.14. The van der Waals surface area contributed by atoms with Crippen LogP contribution in [0.3, 0.4) is 0 Å². The van der Waals surface area contributed by atoms with E-state index in [9.17, 15) is 4.79 Å². The molecule has 0 N–H and O–H groups in total. The van der Waals surface area contributed by atoms with E-state index in [2.05, 4.69) is 13.8 Å². The lowest BCUT2D eigenvalue weighted by Crippen LogP contribution is -2.07. The van der Waals surface area contributed by atoms with Crippen molar-refractivity contribution in [2.24, 2.45) is 5.92 Å². The first-order valence-electron chi connectivity index (χ1n) is 5.39. The maximum atomic E-state index is 11.4. The molecule has 1 aromatic heterocycles. The second kappa shape index (κ2) is 5.59. The second-order valence-electron chi connectivity index (χ2n) is 3.94. The Labute approximate surface area is 90.4 Å². The molecular formula is C12H18O3. The summed E-state index contributed by atoms with van der Waals surface area (Å²) in [7, 11) is 0. The maximum Gasteiger partial charge on any atom is 0.374 e. The topological polar surface area (TPSA) is 39.4 Å². The van der Waals surface area contributed by atoms with Crippen LogP contribution in [0.5, 0.6) is 0 Å². The van der Waals surface area contributed by atoms with Crippen LogP contribution >= 0.6 is 0 Å². The Balaban J connectivity index is 2.40. The number of carbonyl (C=O) groups excluding carboxylic acids is 1. The Bertz CT molecular complexity index is 312. The highest BCUT2D eigenvalue weighted by atomic mass is 16.5. The number of esters is 1. The van der Waals surface area contributed by atoms with E-state index in [0.717, 1.165) is 18.6 Å². The van der Waals surface area contributed by atoms with Gasteiger partial charge in [-0.2, -0.15) is 0 Å². The lowest BCUT2D eigenvalue weighted by atomic mass is 10.1. The fraction of sp³-hybridized carbons (Fsp3) is 0.583. The summed E-state index contributed by atoms with van der Waals surface area (Å²) in [5.74, 6) is 1.29. The molecule has 1 rings (SSSR count). The van der Waals surface area contributed by atoms with Crippen LogP contribution < -0.4 is 0 Å². The van der Waals surface area contributed by atoms with E-state index in [4.69, 9.17) is 9.15 Å². The van der Waals surface area contributed by atoms with Crippen molar-refractivity contribution >= 4 is 5.97 Å². The van der Waals surface area contributed by atoms with Gasteiger partial charge in [0.15, 0.2) is 0 Å². The van der Waals surface area contributed by atoms with Gasteiger partial charge in [-0.05, 0) is 24.5 Å². The zero-order valence-corrected chi connectivity index (χ0v) is 9.58. The summed E-state index contributed by atoms with van der Waals surface area (Å²) in [5, 5.41) is 0. The normalized spacial score (nSPS) is 10.7. The van der Waals surface area contributed by atoms with Crippen LogP contribution in [-0.4, -0.2) is 12.6 Å². The molecule has 1 heterocycles. The number of ether oxygens (including phenoxy) is 1. The molecule has 0 radical (unpaired) electrons.